The van der Waals surface area contributed by atoms with Gasteiger partial charge in [-0.25, -0.2) is 4.98 Å². The van der Waals surface area contributed by atoms with Crippen LogP contribution in [-0.4, -0.2) is 27.7 Å². The van der Waals surface area contributed by atoms with Gasteiger partial charge in [0.25, 0.3) is 0 Å². The molecule has 2 aromatic rings. The number of imidazole rings is 1. The predicted octanol–water partition coefficient (Wildman–Crippen LogP) is 2.21. The highest BCUT2D eigenvalue weighted by molar-refractivity contribution is 5.31. The number of rotatable bonds is 7. The van der Waals surface area contributed by atoms with Crippen LogP contribution in [0.4, 0.5) is 0 Å². The van der Waals surface area contributed by atoms with Gasteiger partial charge in [-0.15, -0.1) is 0 Å². The Balaban J connectivity index is 1.69. The normalized spacial score (nSPS) is 12.6. The number of nitrogens with one attached hydrogen (secondary N) is 1. The maximum absolute atomic E-state index is 10.1. The molecule has 1 heterocycles. The highest BCUT2D eigenvalue weighted by Crippen LogP contribution is 2.16. The van der Waals surface area contributed by atoms with E-state index in [1.54, 1.807) is 6.20 Å². The second-order valence-corrected chi connectivity index (χ2v) is 5.22. The Labute approximate surface area is 120 Å². The van der Waals surface area contributed by atoms with Gasteiger partial charge in [-0.2, -0.15) is 0 Å². The zero-order valence-electron chi connectivity index (χ0n) is 12.2. The van der Waals surface area contributed by atoms with E-state index in [9.17, 15) is 5.11 Å². The third-order valence-corrected chi connectivity index (χ3v) is 3.58. The fourth-order valence-electron chi connectivity index (χ4n) is 2.13. The van der Waals surface area contributed by atoms with Gasteiger partial charge >= 0.3 is 0 Å². The fourth-order valence-corrected chi connectivity index (χ4v) is 2.13. The number of aliphatic hydroxyl groups is 1. The molecule has 4 heteroatoms. The summed E-state index contributed by atoms with van der Waals surface area (Å²) >= 11 is 0. The van der Waals surface area contributed by atoms with Crippen LogP contribution in [-0.2, 0) is 6.54 Å². The lowest BCUT2D eigenvalue weighted by atomic mass is 10.0. The van der Waals surface area contributed by atoms with Gasteiger partial charge in [0.1, 0.15) is 0 Å². The summed E-state index contributed by atoms with van der Waals surface area (Å²) in [6.07, 6.45) is 6.16. The minimum Gasteiger partial charge on any atom is -0.387 e. The van der Waals surface area contributed by atoms with Gasteiger partial charge in [0, 0.05) is 25.5 Å². The maximum Gasteiger partial charge on any atom is 0.0945 e. The first-order chi connectivity index (χ1) is 9.66. The molecule has 0 aliphatic carbocycles. The second-order valence-electron chi connectivity index (χ2n) is 5.22. The summed E-state index contributed by atoms with van der Waals surface area (Å²) in [5, 5.41) is 13.4. The SMILES string of the molecule is Cc1ccc(C(O)CNCCCn2ccnc2)cc1C. The van der Waals surface area contributed by atoms with Crippen molar-refractivity contribution in [1.29, 1.82) is 0 Å². The van der Waals surface area contributed by atoms with E-state index in [1.807, 2.05) is 18.6 Å². The van der Waals surface area contributed by atoms with Gasteiger partial charge in [-0.1, -0.05) is 18.2 Å². The molecule has 0 bridgehead atoms. The molecule has 1 atom stereocenters. The molecule has 0 aliphatic heterocycles. The van der Waals surface area contributed by atoms with Crippen LogP contribution in [0.15, 0.2) is 36.9 Å². The molecular formula is C16H23N3O. The number of hydrogen-bond acceptors (Lipinski definition) is 3. The third-order valence-electron chi connectivity index (χ3n) is 3.58. The first kappa shape index (κ1) is 14.8. The number of aryl methyl sites for hydroxylation is 3. The highest BCUT2D eigenvalue weighted by Gasteiger charge is 2.07. The molecule has 0 saturated carbocycles. The lowest BCUT2D eigenvalue weighted by molar-refractivity contribution is 0.174. The first-order valence-electron chi connectivity index (χ1n) is 7.08. The zero-order valence-corrected chi connectivity index (χ0v) is 12.2. The number of hydrogen-bond donors (Lipinski definition) is 2. The smallest absolute Gasteiger partial charge is 0.0945 e. The largest absolute Gasteiger partial charge is 0.387 e. The van der Waals surface area contributed by atoms with Crippen molar-refractivity contribution in [2.24, 2.45) is 0 Å². The van der Waals surface area contributed by atoms with Crippen molar-refractivity contribution in [2.45, 2.75) is 32.9 Å². The molecule has 0 amide bonds. The molecule has 1 aromatic carbocycles. The Bertz CT molecular complexity index is 523. The van der Waals surface area contributed by atoms with Gasteiger partial charge in [0.15, 0.2) is 0 Å². The molecule has 2 rings (SSSR count). The summed E-state index contributed by atoms with van der Waals surface area (Å²) in [5.74, 6) is 0. The van der Waals surface area contributed by atoms with Crippen LogP contribution >= 0.6 is 0 Å². The van der Waals surface area contributed by atoms with Crippen LogP contribution in [0.2, 0.25) is 0 Å². The quantitative estimate of drug-likeness (QED) is 0.761. The monoisotopic (exact) mass is 273 g/mol. The molecule has 0 radical (unpaired) electrons. The van der Waals surface area contributed by atoms with E-state index >= 15 is 0 Å². The first-order valence-corrected chi connectivity index (χ1v) is 7.08. The van der Waals surface area contributed by atoms with Crippen LogP contribution in [0.3, 0.4) is 0 Å². The predicted molar refractivity (Wildman–Crippen MR) is 80.6 cm³/mol. The molecule has 2 N–H and O–H groups in total. The lowest BCUT2D eigenvalue weighted by Crippen LogP contribution is -2.23. The summed E-state index contributed by atoms with van der Waals surface area (Å²) in [6.45, 7) is 6.59. The molecule has 0 saturated heterocycles. The Morgan fingerprint density at radius 1 is 1.30 bits per heavy atom. The molecule has 1 aromatic heterocycles. The van der Waals surface area contributed by atoms with Crippen LogP contribution in [0.1, 0.15) is 29.2 Å². The Kier molecular flexibility index (Phi) is 5.32. The number of benzene rings is 1. The minimum atomic E-state index is -0.442. The summed E-state index contributed by atoms with van der Waals surface area (Å²) in [4.78, 5) is 4.01. The summed E-state index contributed by atoms with van der Waals surface area (Å²) in [6, 6.07) is 6.13. The molecule has 0 aliphatic rings. The Hall–Kier alpha value is -1.65. The van der Waals surface area contributed by atoms with Gasteiger partial charge in [0.05, 0.1) is 12.4 Å². The minimum absolute atomic E-state index is 0.442. The lowest BCUT2D eigenvalue weighted by Gasteiger charge is -2.14. The average molecular weight is 273 g/mol. The van der Waals surface area contributed by atoms with E-state index in [0.717, 1.165) is 25.1 Å². The number of nitrogens with zero attached hydrogens (tertiary/aromatic N) is 2. The Morgan fingerprint density at radius 2 is 2.15 bits per heavy atom. The average Bonchev–Trinajstić information content (AvgIpc) is 2.94. The highest BCUT2D eigenvalue weighted by atomic mass is 16.3. The molecule has 4 nitrogen and oxygen atoms in total. The third kappa shape index (κ3) is 4.18. The van der Waals surface area contributed by atoms with Crippen LogP contribution < -0.4 is 5.32 Å². The number of aliphatic hydroxyl groups excluding tert-OH is 1. The van der Waals surface area contributed by atoms with Crippen molar-refractivity contribution in [2.75, 3.05) is 13.1 Å². The molecule has 20 heavy (non-hydrogen) atoms. The van der Waals surface area contributed by atoms with E-state index in [2.05, 4.69) is 40.8 Å². The molecule has 0 fully saturated rings. The van der Waals surface area contributed by atoms with Crippen molar-refractivity contribution in [1.82, 2.24) is 14.9 Å². The summed E-state index contributed by atoms with van der Waals surface area (Å²) < 4.78 is 2.06. The van der Waals surface area contributed by atoms with Gasteiger partial charge in [-0.05, 0) is 43.5 Å². The maximum atomic E-state index is 10.1. The van der Waals surface area contributed by atoms with E-state index in [4.69, 9.17) is 0 Å². The topological polar surface area (TPSA) is 50.1 Å². The molecule has 0 spiro atoms. The fraction of sp³-hybridized carbons (Fsp3) is 0.438. The zero-order chi connectivity index (χ0) is 14.4. The second kappa shape index (κ2) is 7.22. The van der Waals surface area contributed by atoms with Crippen molar-refractivity contribution in [3.8, 4) is 0 Å². The Morgan fingerprint density at radius 3 is 2.85 bits per heavy atom. The molecule has 108 valence electrons. The van der Waals surface area contributed by atoms with E-state index in [0.29, 0.717) is 6.54 Å². The standard InChI is InChI=1S/C16H23N3O/c1-13-4-5-15(10-14(13)2)16(20)11-17-6-3-8-19-9-7-18-12-19/h4-5,7,9-10,12,16-17,20H,3,6,8,11H2,1-2H3. The summed E-state index contributed by atoms with van der Waals surface area (Å²) in [7, 11) is 0. The molecular weight excluding hydrogens is 250 g/mol. The van der Waals surface area contributed by atoms with E-state index in [-0.39, 0.29) is 0 Å². The van der Waals surface area contributed by atoms with Crippen LogP contribution in [0, 0.1) is 13.8 Å². The van der Waals surface area contributed by atoms with Crippen molar-refractivity contribution < 1.29 is 5.11 Å². The van der Waals surface area contributed by atoms with Gasteiger partial charge in [0.2, 0.25) is 0 Å². The van der Waals surface area contributed by atoms with Crippen molar-refractivity contribution in [3.05, 3.63) is 53.6 Å². The van der Waals surface area contributed by atoms with Gasteiger partial charge < -0.3 is 15.0 Å². The van der Waals surface area contributed by atoms with E-state index in [1.165, 1.54) is 11.1 Å². The van der Waals surface area contributed by atoms with Crippen LogP contribution in [0.25, 0.3) is 0 Å². The number of aromatic nitrogens is 2. The molecule has 1 unspecified atom stereocenters. The van der Waals surface area contributed by atoms with Gasteiger partial charge in [-0.3, -0.25) is 0 Å². The van der Waals surface area contributed by atoms with Crippen LogP contribution in [0.5, 0.6) is 0 Å². The van der Waals surface area contributed by atoms with Crippen molar-refractivity contribution >= 4 is 0 Å². The van der Waals surface area contributed by atoms with E-state index < -0.39 is 6.10 Å². The summed E-state index contributed by atoms with van der Waals surface area (Å²) in [5.41, 5.74) is 3.46. The van der Waals surface area contributed by atoms with Crippen molar-refractivity contribution in [3.63, 3.8) is 0 Å².